The van der Waals surface area contributed by atoms with Crippen LogP contribution in [-0.2, 0) is 14.9 Å². The van der Waals surface area contributed by atoms with Gasteiger partial charge in [-0.15, -0.1) is 11.8 Å². The van der Waals surface area contributed by atoms with E-state index in [1.54, 1.807) is 11.0 Å². The van der Waals surface area contributed by atoms with Crippen LogP contribution in [0.2, 0.25) is 0 Å². The molecule has 1 unspecified atom stereocenters. The number of rotatable bonds is 8. The molecule has 35 heavy (non-hydrogen) atoms. The Hall–Kier alpha value is -2.47. The van der Waals surface area contributed by atoms with Crippen LogP contribution in [0.15, 0.2) is 52.3 Å². The Labute approximate surface area is 207 Å². The molecule has 8 nitrogen and oxygen atoms in total. The molecule has 1 aliphatic heterocycles. The zero-order chi connectivity index (χ0) is 24.6. The molecule has 1 aromatic heterocycles. The van der Waals surface area contributed by atoms with Crippen molar-refractivity contribution >= 4 is 27.7 Å². The molecule has 0 spiro atoms. The van der Waals surface area contributed by atoms with Crippen molar-refractivity contribution in [2.45, 2.75) is 59.2 Å². The van der Waals surface area contributed by atoms with E-state index in [-0.39, 0.29) is 28.0 Å². The number of aromatic nitrogens is 1. The Balaban J connectivity index is 1.21. The maximum atomic E-state index is 14.3. The number of allylic oxidation sites excluding steroid dienone is 1. The molecule has 186 valence electrons. The lowest BCUT2D eigenvalue weighted by atomic mass is 10.1. The van der Waals surface area contributed by atoms with Crippen LogP contribution < -0.4 is 10.0 Å². The second kappa shape index (κ2) is 9.88. The van der Waals surface area contributed by atoms with Gasteiger partial charge in [0.05, 0.1) is 4.90 Å². The quantitative estimate of drug-likeness (QED) is 0.321. The number of pyridine rings is 1. The summed E-state index contributed by atoms with van der Waals surface area (Å²) < 4.78 is 37.1. The van der Waals surface area contributed by atoms with Gasteiger partial charge in [0.15, 0.2) is 0 Å². The first-order chi connectivity index (χ1) is 16.8. The lowest BCUT2D eigenvalue weighted by Crippen LogP contribution is -2.52. The van der Waals surface area contributed by atoms with Crippen molar-refractivity contribution in [1.82, 2.24) is 9.88 Å². The van der Waals surface area contributed by atoms with Crippen molar-refractivity contribution in [2.24, 2.45) is 5.14 Å². The van der Waals surface area contributed by atoms with Crippen molar-refractivity contribution in [3.63, 3.8) is 0 Å². The number of hydrogen-bond donors (Lipinski definition) is 1. The van der Waals surface area contributed by atoms with Gasteiger partial charge in [-0.05, 0) is 56.4 Å². The summed E-state index contributed by atoms with van der Waals surface area (Å²) in [5.74, 6) is -0.159. The van der Waals surface area contributed by atoms with Crippen LogP contribution in [0, 0.1) is 5.82 Å². The summed E-state index contributed by atoms with van der Waals surface area (Å²) in [4.78, 5) is 30.5. The van der Waals surface area contributed by atoms with E-state index in [9.17, 15) is 17.6 Å². The van der Waals surface area contributed by atoms with Crippen molar-refractivity contribution < 1.29 is 27.4 Å². The molecular weight excluding hydrogens is 493 g/mol. The molecule has 3 aliphatic rings. The summed E-state index contributed by atoms with van der Waals surface area (Å²) >= 11 is 1.27. The van der Waals surface area contributed by atoms with Gasteiger partial charge in [0.2, 0.25) is 10.0 Å². The predicted octanol–water partition coefficient (Wildman–Crippen LogP) is 3.78. The molecule has 1 aromatic carbocycles. The molecular formula is C24H26FN3O5S2. The average molecular weight is 520 g/mol. The molecule has 11 heteroatoms. The number of primary sulfonamides is 1. The minimum Gasteiger partial charge on any atom is -0.336 e. The SMILES string of the molecule is NS(=O)(=O)c1ccc(SC2CN(C(=O)c3cc(OOC4CC=CCC4)nc(C4CC4)c3)C2)c(F)c1. The Bertz CT molecular complexity index is 1260. The van der Waals surface area contributed by atoms with Crippen LogP contribution in [0.1, 0.15) is 54.1 Å². The third kappa shape index (κ3) is 5.85. The number of benzene rings is 1. The van der Waals surface area contributed by atoms with Gasteiger partial charge in [0, 0.05) is 46.5 Å². The molecule has 5 rings (SSSR count). The number of carbonyl (C=O) groups excluding carboxylic acids is 1. The minimum absolute atomic E-state index is 0.00284. The van der Waals surface area contributed by atoms with Gasteiger partial charge in [-0.1, -0.05) is 12.2 Å². The standard InChI is InChI=1S/C24H26FN3O5S2/c25-20-12-19(35(26,30)31)8-9-22(20)34-18-13-28(14-18)24(29)16-10-21(15-6-7-15)27-23(11-16)33-32-17-4-2-1-3-5-17/h1-2,8-12,15,17-18H,3-7,13-14H2,(H2,26,30,31). The fraction of sp³-hybridized carbons (Fsp3) is 0.417. The van der Waals surface area contributed by atoms with Crippen LogP contribution in [-0.4, -0.2) is 48.7 Å². The molecule has 2 heterocycles. The third-order valence-corrected chi connectivity index (χ3v) is 8.34. The Morgan fingerprint density at radius 1 is 1.14 bits per heavy atom. The molecule has 2 fully saturated rings. The van der Waals surface area contributed by atoms with Crippen LogP contribution in [0.5, 0.6) is 5.88 Å². The molecule has 2 N–H and O–H groups in total. The monoisotopic (exact) mass is 519 g/mol. The second-order valence-corrected chi connectivity index (χ2v) is 12.0. The predicted molar refractivity (Wildman–Crippen MR) is 128 cm³/mol. The van der Waals surface area contributed by atoms with Gasteiger partial charge in [0.25, 0.3) is 11.8 Å². The number of carbonyl (C=O) groups is 1. The first-order valence-corrected chi connectivity index (χ1v) is 14.0. The topological polar surface area (TPSA) is 112 Å². The summed E-state index contributed by atoms with van der Waals surface area (Å²) in [6.07, 6.45) is 8.84. The van der Waals surface area contributed by atoms with E-state index in [0.717, 1.165) is 43.9 Å². The highest BCUT2D eigenvalue weighted by atomic mass is 32.2. The number of halogens is 1. The van der Waals surface area contributed by atoms with E-state index in [1.165, 1.54) is 23.9 Å². The smallest absolute Gasteiger partial charge is 0.257 e. The fourth-order valence-electron chi connectivity index (χ4n) is 4.05. The van der Waals surface area contributed by atoms with E-state index in [0.29, 0.717) is 29.5 Å². The minimum atomic E-state index is -3.96. The van der Waals surface area contributed by atoms with Gasteiger partial charge < -0.3 is 9.79 Å². The number of thioether (sulfide) groups is 1. The van der Waals surface area contributed by atoms with Crippen LogP contribution in [0.4, 0.5) is 4.39 Å². The van der Waals surface area contributed by atoms with E-state index >= 15 is 0 Å². The molecule has 0 radical (unpaired) electrons. The lowest BCUT2D eigenvalue weighted by molar-refractivity contribution is -0.248. The summed E-state index contributed by atoms with van der Waals surface area (Å²) in [5, 5.41) is 5.05. The fourth-order valence-corrected chi connectivity index (χ4v) is 5.76. The summed E-state index contributed by atoms with van der Waals surface area (Å²) in [7, 11) is -3.96. The Kier molecular flexibility index (Phi) is 6.84. The Morgan fingerprint density at radius 3 is 2.60 bits per heavy atom. The highest BCUT2D eigenvalue weighted by Gasteiger charge is 2.34. The molecule has 1 saturated carbocycles. The largest absolute Gasteiger partial charge is 0.336 e. The molecule has 1 saturated heterocycles. The molecule has 0 bridgehead atoms. The maximum Gasteiger partial charge on any atom is 0.257 e. The molecule has 1 amide bonds. The number of hydrogen-bond acceptors (Lipinski definition) is 7. The van der Waals surface area contributed by atoms with Gasteiger partial charge in [-0.3, -0.25) is 4.79 Å². The molecule has 2 aliphatic carbocycles. The normalized spacial score (nSPS) is 20.5. The van der Waals surface area contributed by atoms with E-state index in [4.69, 9.17) is 14.9 Å². The third-order valence-electron chi connectivity index (χ3n) is 6.22. The highest BCUT2D eigenvalue weighted by molar-refractivity contribution is 8.00. The van der Waals surface area contributed by atoms with E-state index < -0.39 is 15.8 Å². The van der Waals surface area contributed by atoms with Gasteiger partial charge in [0.1, 0.15) is 11.9 Å². The summed E-state index contributed by atoms with van der Waals surface area (Å²) in [5.41, 5.74) is 1.33. The number of nitrogens with two attached hydrogens (primary N) is 1. The number of sulfonamides is 1. The first kappa shape index (κ1) is 24.2. The zero-order valence-corrected chi connectivity index (χ0v) is 20.6. The number of likely N-dealkylation sites (tertiary alicyclic amines) is 1. The van der Waals surface area contributed by atoms with Gasteiger partial charge >= 0.3 is 0 Å². The van der Waals surface area contributed by atoms with Crippen LogP contribution in [0.3, 0.4) is 0 Å². The molecule has 1 atom stereocenters. The van der Waals surface area contributed by atoms with Crippen molar-refractivity contribution in [3.8, 4) is 5.88 Å². The van der Waals surface area contributed by atoms with E-state index in [2.05, 4.69) is 17.1 Å². The lowest BCUT2D eigenvalue weighted by Gasteiger charge is -2.39. The number of nitrogens with zero attached hydrogens (tertiary/aromatic N) is 2. The zero-order valence-electron chi connectivity index (χ0n) is 18.9. The average Bonchev–Trinajstić information content (AvgIpc) is 3.66. The first-order valence-electron chi connectivity index (χ1n) is 11.5. The van der Waals surface area contributed by atoms with Crippen molar-refractivity contribution in [2.75, 3.05) is 13.1 Å². The van der Waals surface area contributed by atoms with Crippen molar-refractivity contribution in [1.29, 1.82) is 0 Å². The highest BCUT2D eigenvalue weighted by Crippen LogP contribution is 2.40. The molecule has 2 aromatic rings. The van der Waals surface area contributed by atoms with Crippen molar-refractivity contribution in [3.05, 3.63) is 59.6 Å². The van der Waals surface area contributed by atoms with Gasteiger partial charge in [-0.25, -0.2) is 22.9 Å². The van der Waals surface area contributed by atoms with Gasteiger partial charge in [-0.2, -0.15) is 4.89 Å². The van der Waals surface area contributed by atoms with Crippen LogP contribution in [0.25, 0.3) is 0 Å². The maximum absolute atomic E-state index is 14.3. The van der Waals surface area contributed by atoms with Crippen LogP contribution >= 0.6 is 11.8 Å². The Morgan fingerprint density at radius 2 is 1.94 bits per heavy atom. The second-order valence-electron chi connectivity index (χ2n) is 9.07. The summed E-state index contributed by atoms with van der Waals surface area (Å²) in [6, 6.07) is 7.04. The number of amides is 1. The van der Waals surface area contributed by atoms with E-state index in [1.807, 2.05) is 6.07 Å². The summed E-state index contributed by atoms with van der Waals surface area (Å²) in [6.45, 7) is 0.893.